The Kier molecular flexibility index (Phi) is 10.2. The van der Waals surface area contributed by atoms with Gasteiger partial charge in [-0.15, -0.1) is 0 Å². The summed E-state index contributed by atoms with van der Waals surface area (Å²) in [7, 11) is 0. The average molecular weight is 642 g/mol. The van der Waals surface area contributed by atoms with E-state index < -0.39 is 17.6 Å². The van der Waals surface area contributed by atoms with Crippen molar-refractivity contribution in [1.29, 1.82) is 0 Å². The van der Waals surface area contributed by atoms with Crippen LogP contribution in [0, 0.1) is 5.82 Å². The molecule has 212 valence electrons. The van der Waals surface area contributed by atoms with Gasteiger partial charge in [-0.1, -0.05) is 29.8 Å². The van der Waals surface area contributed by atoms with Crippen molar-refractivity contribution in [3.63, 3.8) is 0 Å². The van der Waals surface area contributed by atoms with E-state index >= 15 is 0 Å². The number of nitrogens with zero attached hydrogens (tertiary/aromatic N) is 2. The number of anilines is 2. The molecule has 11 heteroatoms. The van der Waals surface area contributed by atoms with Crippen LogP contribution < -0.4 is 20.4 Å². The second-order valence-electron chi connectivity index (χ2n) is 8.69. The molecule has 0 atom stereocenters. The molecule has 0 spiro atoms. The molecule has 1 heterocycles. The van der Waals surface area contributed by atoms with Crippen molar-refractivity contribution in [2.45, 2.75) is 20.5 Å². The first-order chi connectivity index (χ1) is 19.8. The number of carbonyl (C=O) groups excluding carboxylic acids is 2. The summed E-state index contributed by atoms with van der Waals surface area (Å²) < 4.78 is 26.0. The van der Waals surface area contributed by atoms with E-state index in [-0.39, 0.29) is 34.2 Å². The molecule has 1 aromatic heterocycles. The number of halogens is 3. The summed E-state index contributed by atoms with van der Waals surface area (Å²) in [6, 6.07) is 19.6. The third kappa shape index (κ3) is 7.53. The number of hydrogen-bond acceptors (Lipinski definition) is 6. The van der Waals surface area contributed by atoms with Crippen LogP contribution in [0.4, 0.5) is 15.8 Å². The maximum Gasteiger partial charge on any atom is 0.291 e. The van der Waals surface area contributed by atoms with E-state index in [1.807, 2.05) is 26.0 Å². The molecular weight excluding hydrogens is 615 g/mol. The second kappa shape index (κ2) is 14.0. The topological polar surface area (TPSA) is 96.2 Å². The second-order valence-corrected chi connectivity index (χ2v) is 9.87. The van der Waals surface area contributed by atoms with E-state index in [0.29, 0.717) is 16.0 Å². The van der Waals surface area contributed by atoms with Crippen molar-refractivity contribution in [1.82, 2.24) is 5.43 Å². The zero-order valence-electron chi connectivity index (χ0n) is 22.3. The highest BCUT2D eigenvalue weighted by atomic mass is 79.9. The SMILES string of the molecule is CCN(CC)c1ccc(C=NNC(=O)c2ccccc2NC(=O)c2ccc(Br)o2)c(OCc2c(F)cccc2Cl)c1. The van der Waals surface area contributed by atoms with E-state index in [1.165, 1.54) is 24.4 Å². The molecule has 4 aromatic rings. The molecule has 0 aliphatic carbocycles. The fraction of sp³-hybridized carbons (Fsp3) is 0.167. The number of rotatable bonds is 11. The van der Waals surface area contributed by atoms with Gasteiger partial charge in [-0.3, -0.25) is 9.59 Å². The number of nitrogens with one attached hydrogen (secondary N) is 2. The normalized spacial score (nSPS) is 11.0. The molecule has 3 aromatic carbocycles. The smallest absolute Gasteiger partial charge is 0.291 e. The van der Waals surface area contributed by atoms with E-state index in [9.17, 15) is 14.0 Å². The molecule has 2 amide bonds. The van der Waals surface area contributed by atoms with E-state index in [4.69, 9.17) is 20.8 Å². The van der Waals surface area contributed by atoms with Crippen molar-refractivity contribution in [2.75, 3.05) is 23.3 Å². The first-order valence-electron chi connectivity index (χ1n) is 12.7. The lowest BCUT2D eigenvalue weighted by Crippen LogP contribution is -2.22. The van der Waals surface area contributed by atoms with Crippen LogP contribution in [0.5, 0.6) is 5.75 Å². The highest BCUT2D eigenvalue weighted by Crippen LogP contribution is 2.28. The van der Waals surface area contributed by atoms with Crippen LogP contribution in [0.2, 0.25) is 5.02 Å². The molecule has 0 saturated heterocycles. The Hall–Kier alpha value is -4.15. The van der Waals surface area contributed by atoms with Crippen molar-refractivity contribution < 1.29 is 23.1 Å². The Balaban J connectivity index is 1.52. The fourth-order valence-corrected chi connectivity index (χ4v) is 4.52. The van der Waals surface area contributed by atoms with Crippen molar-refractivity contribution in [3.05, 3.63) is 111 Å². The van der Waals surface area contributed by atoms with Gasteiger partial charge < -0.3 is 19.4 Å². The molecule has 41 heavy (non-hydrogen) atoms. The first kappa shape index (κ1) is 29.8. The number of para-hydroxylation sites is 1. The van der Waals surface area contributed by atoms with Crippen LogP contribution >= 0.6 is 27.5 Å². The summed E-state index contributed by atoms with van der Waals surface area (Å²) in [4.78, 5) is 27.6. The molecule has 0 radical (unpaired) electrons. The van der Waals surface area contributed by atoms with Crippen LogP contribution in [0.15, 0.2) is 87.0 Å². The van der Waals surface area contributed by atoms with Crippen molar-refractivity contribution in [3.8, 4) is 5.75 Å². The van der Waals surface area contributed by atoms with Gasteiger partial charge in [0.15, 0.2) is 10.4 Å². The fourth-order valence-electron chi connectivity index (χ4n) is 3.99. The lowest BCUT2D eigenvalue weighted by atomic mass is 10.1. The average Bonchev–Trinajstić information content (AvgIpc) is 3.41. The quantitative estimate of drug-likeness (QED) is 0.133. The lowest BCUT2D eigenvalue weighted by Gasteiger charge is -2.22. The molecule has 8 nitrogen and oxygen atoms in total. The minimum absolute atomic E-state index is 0.0856. The standard InChI is InChI=1S/C30H27BrClFN4O4/c1-3-37(4-2)20-13-12-19(27(16-20)40-18-22-23(32)9-7-10-24(22)33)17-34-36-29(38)21-8-5-6-11-25(21)35-30(39)26-14-15-28(31)41-26/h5-17H,3-4,18H2,1-2H3,(H,35,39)(H,36,38). The van der Waals surface area contributed by atoms with Gasteiger partial charge in [0.05, 0.1) is 22.5 Å². The predicted molar refractivity (Wildman–Crippen MR) is 162 cm³/mol. The third-order valence-electron chi connectivity index (χ3n) is 6.15. The van der Waals surface area contributed by atoms with E-state index in [2.05, 4.69) is 36.7 Å². The summed E-state index contributed by atoms with van der Waals surface area (Å²) in [5.74, 6) is -1.00. The number of hydrogen-bond donors (Lipinski definition) is 2. The van der Waals surface area contributed by atoms with Gasteiger partial charge in [0.2, 0.25) is 0 Å². The van der Waals surface area contributed by atoms with Crippen LogP contribution in [-0.4, -0.2) is 31.1 Å². The van der Waals surface area contributed by atoms with E-state index in [0.717, 1.165) is 18.8 Å². The maximum absolute atomic E-state index is 14.4. The molecule has 0 saturated carbocycles. The largest absolute Gasteiger partial charge is 0.488 e. The molecule has 0 bridgehead atoms. The van der Waals surface area contributed by atoms with Crippen LogP contribution in [0.25, 0.3) is 0 Å². The van der Waals surface area contributed by atoms with E-state index in [1.54, 1.807) is 42.5 Å². The Bertz CT molecular complexity index is 1550. The third-order valence-corrected chi connectivity index (χ3v) is 6.93. The zero-order chi connectivity index (χ0) is 29.4. The van der Waals surface area contributed by atoms with Gasteiger partial charge in [0.25, 0.3) is 11.8 Å². The van der Waals surface area contributed by atoms with Crippen molar-refractivity contribution >= 4 is 56.9 Å². The number of ether oxygens (including phenoxy) is 1. The van der Waals surface area contributed by atoms with Gasteiger partial charge in [-0.25, -0.2) is 9.82 Å². The summed E-state index contributed by atoms with van der Waals surface area (Å²) in [5.41, 5.74) is 4.68. The highest BCUT2D eigenvalue weighted by molar-refractivity contribution is 9.10. The monoisotopic (exact) mass is 640 g/mol. The predicted octanol–water partition coefficient (Wildman–Crippen LogP) is 7.28. The number of carbonyl (C=O) groups is 2. The molecular formula is C30H27BrClFN4O4. The van der Waals surface area contributed by atoms with Gasteiger partial charge in [0, 0.05) is 36.0 Å². The van der Waals surface area contributed by atoms with Crippen LogP contribution in [-0.2, 0) is 6.61 Å². The summed E-state index contributed by atoms with van der Waals surface area (Å²) in [6.07, 6.45) is 1.43. The summed E-state index contributed by atoms with van der Waals surface area (Å²) in [6.45, 7) is 5.56. The molecule has 2 N–H and O–H groups in total. The summed E-state index contributed by atoms with van der Waals surface area (Å²) in [5, 5.41) is 7.05. The molecule has 0 aliphatic rings. The van der Waals surface area contributed by atoms with Gasteiger partial charge in [0.1, 0.15) is 18.2 Å². The minimum Gasteiger partial charge on any atom is -0.488 e. The number of amides is 2. The van der Waals surface area contributed by atoms with Crippen molar-refractivity contribution in [2.24, 2.45) is 5.10 Å². The van der Waals surface area contributed by atoms with Gasteiger partial charge in [-0.05, 0) is 78.3 Å². The Morgan fingerprint density at radius 2 is 1.83 bits per heavy atom. The summed E-state index contributed by atoms with van der Waals surface area (Å²) >= 11 is 9.35. The van der Waals surface area contributed by atoms with Gasteiger partial charge >= 0.3 is 0 Å². The molecule has 0 aliphatic heterocycles. The number of hydrazone groups is 1. The lowest BCUT2D eigenvalue weighted by molar-refractivity contribution is 0.0956. The minimum atomic E-state index is -0.543. The number of furan rings is 1. The Morgan fingerprint density at radius 1 is 1.05 bits per heavy atom. The molecule has 0 fully saturated rings. The van der Waals surface area contributed by atoms with Crippen LogP contribution in [0.3, 0.4) is 0 Å². The Morgan fingerprint density at radius 3 is 2.54 bits per heavy atom. The maximum atomic E-state index is 14.4. The van der Waals surface area contributed by atoms with Gasteiger partial charge in [-0.2, -0.15) is 5.10 Å². The molecule has 4 rings (SSSR count). The number of benzene rings is 3. The molecule has 0 unspecified atom stereocenters. The van der Waals surface area contributed by atoms with Crippen LogP contribution in [0.1, 0.15) is 45.9 Å². The highest BCUT2D eigenvalue weighted by Gasteiger charge is 2.16. The zero-order valence-corrected chi connectivity index (χ0v) is 24.6. The first-order valence-corrected chi connectivity index (χ1v) is 13.9. The Labute approximate surface area is 250 Å².